The number of hydrogen-bond acceptors (Lipinski definition) is 5. The number of pyridine rings is 1. The number of aromatic nitrogens is 4. The second-order valence-electron chi connectivity index (χ2n) is 6.43. The third-order valence-electron chi connectivity index (χ3n) is 4.38. The Labute approximate surface area is 156 Å². The Bertz CT molecular complexity index is 1100. The molecule has 0 fully saturated rings. The molecule has 0 aliphatic carbocycles. The monoisotopic (exact) mass is 360 g/mol. The maximum Gasteiger partial charge on any atom is 0.224 e. The van der Waals surface area contributed by atoms with Crippen molar-refractivity contribution in [1.82, 2.24) is 25.3 Å². The minimum absolute atomic E-state index is 0.00778. The van der Waals surface area contributed by atoms with E-state index < -0.39 is 0 Å². The Balaban J connectivity index is 1.37. The predicted molar refractivity (Wildman–Crippen MR) is 106 cm³/mol. The molecule has 0 saturated carbocycles. The van der Waals surface area contributed by atoms with E-state index in [0.717, 1.165) is 38.9 Å². The number of carbonyl (C=O) groups excluding carboxylic acids is 1. The Hall–Kier alpha value is -3.48. The zero-order valence-electron chi connectivity index (χ0n) is 15.0. The van der Waals surface area contributed by atoms with Crippen molar-refractivity contribution in [2.45, 2.75) is 13.3 Å². The van der Waals surface area contributed by atoms with Crippen LogP contribution in [0.4, 0.5) is 5.82 Å². The number of nitrogens with zero attached hydrogens (tertiary/aromatic N) is 3. The molecule has 7 heteroatoms. The highest BCUT2D eigenvalue weighted by Crippen LogP contribution is 2.27. The standard InChI is InChI=1S/C20H20N6O/c1-13-3-2-4-14(9-13)10-17(27)22-7-8-23-19-18-15-5-6-21-11-16(15)26-20(18)25-12-24-19/h2-6,9,11-12H,7-8,10H2,1H3,(H,22,27)(H2,23,24,25,26). The summed E-state index contributed by atoms with van der Waals surface area (Å²) in [5.74, 6) is 0.749. The van der Waals surface area contributed by atoms with Crippen molar-refractivity contribution in [1.29, 1.82) is 0 Å². The van der Waals surface area contributed by atoms with E-state index in [1.54, 1.807) is 12.4 Å². The van der Waals surface area contributed by atoms with Crippen LogP contribution in [0.1, 0.15) is 11.1 Å². The van der Waals surface area contributed by atoms with Crippen molar-refractivity contribution in [2.24, 2.45) is 0 Å². The molecule has 3 heterocycles. The molecule has 0 spiro atoms. The van der Waals surface area contributed by atoms with Gasteiger partial charge in [-0.15, -0.1) is 0 Å². The van der Waals surface area contributed by atoms with Gasteiger partial charge in [0.25, 0.3) is 0 Å². The quantitative estimate of drug-likeness (QED) is 0.459. The van der Waals surface area contributed by atoms with Crippen LogP contribution in [0.15, 0.2) is 49.1 Å². The van der Waals surface area contributed by atoms with Crippen LogP contribution in [0.3, 0.4) is 0 Å². The summed E-state index contributed by atoms with van der Waals surface area (Å²) in [5.41, 5.74) is 3.86. The van der Waals surface area contributed by atoms with Gasteiger partial charge >= 0.3 is 0 Å². The van der Waals surface area contributed by atoms with Crippen molar-refractivity contribution in [3.8, 4) is 0 Å². The fraction of sp³-hybridized carbons (Fsp3) is 0.200. The number of anilines is 1. The predicted octanol–water partition coefficient (Wildman–Crippen LogP) is 2.59. The molecule has 4 aromatic rings. The fourth-order valence-corrected chi connectivity index (χ4v) is 3.16. The van der Waals surface area contributed by atoms with Gasteiger partial charge in [-0.3, -0.25) is 9.78 Å². The lowest BCUT2D eigenvalue weighted by Crippen LogP contribution is -2.30. The van der Waals surface area contributed by atoms with E-state index in [4.69, 9.17) is 0 Å². The molecule has 0 aliphatic rings. The Morgan fingerprint density at radius 1 is 1.19 bits per heavy atom. The summed E-state index contributed by atoms with van der Waals surface area (Å²) in [7, 11) is 0. The smallest absolute Gasteiger partial charge is 0.224 e. The SMILES string of the molecule is Cc1cccc(CC(=O)NCCNc2ncnc3[nH]c4cnccc4c23)c1. The minimum atomic E-state index is 0.00778. The van der Waals surface area contributed by atoms with Gasteiger partial charge in [0.15, 0.2) is 0 Å². The molecule has 3 aromatic heterocycles. The Morgan fingerprint density at radius 2 is 2.11 bits per heavy atom. The van der Waals surface area contributed by atoms with Gasteiger partial charge in [0.1, 0.15) is 17.8 Å². The lowest BCUT2D eigenvalue weighted by Gasteiger charge is -2.08. The number of fused-ring (bicyclic) bond motifs is 3. The van der Waals surface area contributed by atoms with E-state index in [0.29, 0.717) is 19.5 Å². The number of amides is 1. The maximum atomic E-state index is 12.1. The van der Waals surface area contributed by atoms with E-state index in [2.05, 4.69) is 30.6 Å². The number of aryl methyl sites for hydroxylation is 1. The second kappa shape index (κ2) is 7.41. The molecule has 7 nitrogen and oxygen atoms in total. The molecule has 1 amide bonds. The molecule has 3 N–H and O–H groups in total. The third kappa shape index (κ3) is 3.72. The van der Waals surface area contributed by atoms with Crippen molar-refractivity contribution in [2.75, 3.05) is 18.4 Å². The largest absolute Gasteiger partial charge is 0.368 e. The molecular weight excluding hydrogens is 340 g/mol. The zero-order valence-corrected chi connectivity index (χ0v) is 15.0. The number of rotatable bonds is 6. The molecule has 0 radical (unpaired) electrons. The molecule has 1 aromatic carbocycles. The average molecular weight is 360 g/mol. The van der Waals surface area contributed by atoms with Crippen LogP contribution in [0, 0.1) is 6.92 Å². The molecule has 0 aliphatic heterocycles. The first-order valence-corrected chi connectivity index (χ1v) is 8.83. The van der Waals surface area contributed by atoms with Gasteiger partial charge in [0, 0.05) is 24.7 Å². The molecule has 0 saturated heterocycles. The molecule has 27 heavy (non-hydrogen) atoms. The number of H-pyrrole nitrogens is 1. The highest BCUT2D eigenvalue weighted by Gasteiger charge is 2.10. The lowest BCUT2D eigenvalue weighted by atomic mass is 10.1. The van der Waals surface area contributed by atoms with Crippen LogP contribution >= 0.6 is 0 Å². The minimum Gasteiger partial charge on any atom is -0.368 e. The van der Waals surface area contributed by atoms with E-state index in [-0.39, 0.29) is 5.91 Å². The van der Waals surface area contributed by atoms with E-state index in [9.17, 15) is 4.79 Å². The number of nitrogens with one attached hydrogen (secondary N) is 3. The van der Waals surface area contributed by atoms with Crippen molar-refractivity contribution in [3.05, 3.63) is 60.2 Å². The number of aromatic amines is 1. The van der Waals surface area contributed by atoms with Gasteiger partial charge in [0.2, 0.25) is 5.91 Å². The molecule has 0 bridgehead atoms. The number of carbonyl (C=O) groups is 1. The van der Waals surface area contributed by atoms with Crippen LogP contribution in [-0.2, 0) is 11.2 Å². The summed E-state index contributed by atoms with van der Waals surface area (Å²) in [5, 5.41) is 8.18. The fourth-order valence-electron chi connectivity index (χ4n) is 3.16. The number of benzene rings is 1. The van der Waals surface area contributed by atoms with Gasteiger partial charge in [-0.05, 0) is 18.6 Å². The van der Waals surface area contributed by atoms with Crippen LogP contribution in [0.5, 0.6) is 0 Å². The summed E-state index contributed by atoms with van der Waals surface area (Å²) >= 11 is 0. The van der Waals surface area contributed by atoms with Crippen molar-refractivity contribution < 1.29 is 4.79 Å². The topological polar surface area (TPSA) is 95.6 Å². The van der Waals surface area contributed by atoms with Gasteiger partial charge < -0.3 is 15.6 Å². The van der Waals surface area contributed by atoms with Gasteiger partial charge in [0.05, 0.1) is 23.5 Å². The third-order valence-corrected chi connectivity index (χ3v) is 4.38. The van der Waals surface area contributed by atoms with Gasteiger partial charge in [-0.2, -0.15) is 0 Å². The van der Waals surface area contributed by atoms with Crippen molar-refractivity contribution >= 4 is 33.7 Å². The summed E-state index contributed by atoms with van der Waals surface area (Å²) in [6.45, 7) is 3.11. The average Bonchev–Trinajstić information content (AvgIpc) is 3.04. The molecule has 4 rings (SSSR count). The van der Waals surface area contributed by atoms with E-state index in [1.165, 1.54) is 6.33 Å². The van der Waals surface area contributed by atoms with E-state index in [1.807, 2.05) is 37.3 Å². The first-order chi connectivity index (χ1) is 13.2. The Kier molecular flexibility index (Phi) is 4.65. The first kappa shape index (κ1) is 17.0. The molecule has 0 atom stereocenters. The summed E-state index contributed by atoms with van der Waals surface area (Å²) in [6.07, 6.45) is 5.42. The molecule has 136 valence electrons. The number of hydrogen-bond donors (Lipinski definition) is 3. The summed E-state index contributed by atoms with van der Waals surface area (Å²) < 4.78 is 0. The first-order valence-electron chi connectivity index (χ1n) is 8.83. The highest BCUT2D eigenvalue weighted by atomic mass is 16.1. The molecule has 0 unspecified atom stereocenters. The Morgan fingerprint density at radius 3 is 3.00 bits per heavy atom. The summed E-state index contributed by atoms with van der Waals surface area (Å²) in [6, 6.07) is 9.92. The normalized spacial score (nSPS) is 11.0. The second-order valence-corrected chi connectivity index (χ2v) is 6.43. The van der Waals surface area contributed by atoms with Gasteiger partial charge in [-0.1, -0.05) is 29.8 Å². The maximum absolute atomic E-state index is 12.1. The van der Waals surface area contributed by atoms with Crippen LogP contribution < -0.4 is 10.6 Å². The van der Waals surface area contributed by atoms with Gasteiger partial charge in [-0.25, -0.2) is 9.97 Å². The summed E-state index contributed by atoms with van der Waals surface area (Å²) in [4.78, 5) is 28.1. The van der Waals surface area contributed by atoms with Crippen molar-refractivity contribution in [3.63, 3.8) is 0 Å². The van der Waals surface area contributed by atoms with E-state index >= 15 is 0 Å². The lowest BCUT2D eigenvalue weighted by molar-refractivity contribution is -0.120. The van der Waals surface area contributed by atoms with Crippen LogP contribution in [0.2, 0.25) is 0 Å². The van der Waals surface area contributed by atoms with Crippen LogP contribution in [-0.4, -0.2) is 38.9 Å². The van der Waals surface area contributed by atoms with Crippen LogP contribution in [0.25, 0.3) is 21.9 Å². The molecular formula is C20H20N6O. The highest BCUT2D eigenvalue weighted by molar-refractivity contribution is 6.10. The zero-order chi connectivity index (χ0) is 18.6.